The Morgan fingerprint density at radius 2 is 1.66 bits per heavy atom. The van der Waals surface area contributed by atoms with Crippen LogP contribution in [-0.4, -0.2) is 33.4 Å². The van der Waals surface area contributed by atoms with Crippen LogP contribution in [0.5, 0.6) is 0 Å². The molecule has 1 unspecified atom stereocenters. The number of carbonyl (C=O) groups is 3. The summed E-state index contributed by atoms with van der Waals surface area (Å²) < 4.78 is 1.51. The van der Waals surface area contributed by atoms with Crippen molar-refractivity contribution in [2.45, 2.75) is 33.4 Å². The van der Waals surface area contributed by atoms with Crippen LogP contribution in [0.2, 0.25) is 0 Å². The number of rotatable bonds is 6. The molecule has 0 aliphatic carbocycles. The van der Waals surface area contributed by atoms with Gasteiger partial charge in [-0.15, -0.1) is 0 Å². The highest BCUT2D eigenvalue weighted by molar-refractivity contribution is 6.06. The third-order valence-corrected chi connectivity index (χ3v) is 4.69. The SMILES string of the molecule is CC(C)(C)C(NC(=O)c1nn(CC(=O)c2ccccc2)c2ccccc12)C(N)=O. The summed E-state index contributed by atoms with van der Waals surface area (Å²) in [5, 5.41) is 7.67. The van der Waals surface area contributed by atoms with Gasteiger partial charge in [0.15, 0.2) is 11.5 Å². The molecular formula is C22H24N4O3. The van der Waals surface area contributed by atoms with Crippen molar-refractivity contribution in [3.8, 4) is 0 Å². The molecule has 0 spiro atoms. The van der Waals surface area contributed by atoms with Crippen molar-refractivity contribution in [3.05, 3.63) is 65.9 Å². The summed E-state index contributed by atoms with van der Waals surface area (Å²) in [4.78, 5) is 37.3. The predicted octanol–water partition coefficient (Wildman–Crippen LogP) is 2.55. The van der Waals surface area contributed by atoms with Gasteiger partial charge in [0, 0.05) is 10.9 Å². The number of benzene rings is 2. The van der Waals surface area contributed by atoms with Gasteiger partial charge in [0.1, 0.15) is 12.6 Å². The first-order valence-electron chi connectivity index (χ1n) is 9.32. The molecule has 0 bridgehead atoms. The van der Waals surface area contributed by atoms with Gasteiger partial charge in [-0.3, -0.25) is 19.1 Å². The number of fused-ring (bicyclic) bond motifs is 1. The maximum Gasteiger partial charge on any atom is 0.273 e. The first-order valence-corrected chi connectivity index (χ1v) is 9.32. The smallest absolute Gasteiger partial charge is 0.273 e. The lowest BCUT2D eigenvalue weighted by Crippen LogP contribution is -2.52. The van der Waals surface area contributed by atoms with Gasteiger partial charge >= 0.3 is 0 Å². The average Bonchev–Trinajstić information content (AvgIpc) is 3.04. The number of hydrogen-bond donors (Lipinski definition) is 2. The maximum atomic E-state index is 12.9. The number of hydrogen-bond acceptors (Lipinski definition) is 4. The molecule has 0 saturated heterocycles. The zero-order valence-electron chi connectivity index (χ0n) is 16.7. The van der Waals surface area contributed by atoms with Crippen LogP contribution < -0.4 is 11.1 Å². The Labute approximate surface area is 168 Å². The summed E-state index contributed by atoms with van der Waals surface area (Å²) in [6.07, 6.45) is 0. The van der Waals surface area contributed by atoms with Crippen LogP contribution in [0.1, 0.15) is 41.6 Å². The van der Waals surface area contributed by atoms with Gasteiger partial charge < -0.3 is 11.1 Å². The number of carbonyl (C=O) groups excluding carboxylic acids is 3. The van der Waals surface area contributed by atoms with Crippen LogP contribution in [-0.2, 0) is 11.3 Å². The molecule has 3 rings (SSSR count). The molecule has 2 amide bonds. The van der Waals surface area contributed by atoms with E-state index < -0.39 is 23.3 Å². The molecule has 7 nitrogen and oxygen atoms in total. The van der Waals surface area contributed by atoms with E-state index in [0.29, 0.717) is 16.5 Å². The van der Waals surface area contributed by atoms with E-state index in [1.807, 2.05) is 32.9 Å². The second-order valence-corrected chi connectivity index (χ2v) is 7.99. The van der Waals surface area contributed by atoms with Gasteiger partial charge in [0.05, 0.1) is 5.52 Å². The molecule has 1 aromatic heterocycles. The molecule has 7 heteroatoms. The lowest BCUT2D eigenvalue weighted by molar-refractivity contribution is -0.122. The van der Waals surface area contributed by atoms with E-state index in [1.165, 1.54) is 4.68 Å². The number of ketones is 1. The number of Topliss-reactive ketones (excluding diaryl/α,β-unsaturated/α-hetero) is 1. The standard InChI is InChI=1S/C22H24N4O3/c1-22(2,3)19(20(23)28)24-21(29)18-15-11-7-8-12-16(15)26(25-18)13-17(27)14-9-5-4-6-10-14/h4-12,19H,13H2,1-3H3,(H2,23,28)(H,24,29). The summed E-state index contributed by atoms with van der Waals surface area (Å²) in [6, 6.07) is 15.2. The van der Waals surface area contributed by atoms with Crippen LogP contribution in [0.3, 0.4) is 0 Å². The minimum Gasteiger partial charge on any atom is -0.368 e. The topological polar surface area (TPSA) is 107 Å². The minimum absolute atomic E-state index is 0.00365. The van der Waals surface area contributed by atoms with Gasteiger partial charge in [-0.05, 0) is 11.5 Å². The van der Waals surface area contributed by atoms with E-state index in [9.17, 15) is 14.4 Å². The molecule has 0 radical (unpaired) electrons. The predicted molar refractivity (Wildman–Crippen MR) is 110 cm³/mol. The van der Waals surface area contributed by atoms with Gasteiger partial charge in [-0.25, -0.2) is 0 Å². The van der Waals surface area contributed by atoms with Crippen LogP contribution in [0.25, 0.3) is 10.9 Å². The fourth-order valence-corrected chi connectivity index (χ4v) is 3.18. The van der Waals surface area contributed by atoms with Gasteiger partial charge in [-0.1, -0.05) is 69.3 Å². The molecule has 3 aromatic rings. The Balaban J connectivity index is 1.94. The van der Waals surface area contributed by atoms with Gasteiger partial charge in [0.2, 0.25) is 5.91 Å². The van der Waals surface area contributed by atoms with Crippen LogP contribution in [0.4, 0.5) is 0 Å². The van der Waals surface area contributed by atoms with E-state index in [-0.39, 0.29) is 18.0 Å². The van der Waals surface area contributed by atoms with E-state index in [1.54, 1.807) is 42.5 Å². The fourth-order valence-electron chi connectivity index (χ4n) is 3.18. The summed E-state index contributed by atoms with van der Waals surface area (Å²) in [5.41, 5.74) is 6.30. The van der Waals surface area contributed by atoms with Crippen LogP contribution in [0.15, 0.2) is 54.6 Å². The number of nitrogens with one attached hydrogen (secondary N) is 1. The van der Waals surface area contributed by atoms with Gasteiger partial charge in [0.25, 0.3) is 5.91 Å². The highest BCUT2D eigenvalue weighted by Crippen LogP contribution is 2.22. The molecule has 1 atom stereocenters. The Morgan fingerprint density at radius 1 is 1.03 bits per heavy atom. The van der Waals surface area contributed by atoms with E-state index in [0.717, 1.165) is 0 Å². The quantitative estimate of drug-likeness (QED) is 0.629. The summed E-state index contributed by atoms with van der Waals surface area (Å²) in [7, 11) is 0. The number of amides is 2. The van der Waals surface area contributed by atoms with E-state index in [2.05, 4.69) is 10.4 Å². The third kappa shape index (κ3) is 4.34. The first kappa shape index (κ1) is 20.3. The molecule has 0 aliphatic rings. The zero-order chi connectivity index (χ0) is 21.2. The summed E-state index contributed by atoms with van der Waals surface area (Å²) >= 11 is 0. The van der Waals surface area contributed by atoms with Crippen molar-refractivity contribution in [1.82, 2.24) is 15.1 Å². The Morgan fingerprint density at radius 3 is 2.28 bits per heavy atom. The highest BCUT2D eigenvalue weighted by Gasteiger charge is 2.32. The normalized spacial score (nSPS) is 12.5. The molecule has 3 N–H and O–H groups in total. The fraction of sp³-hybridized carbons (Fsp3) is 0.273. The van der Waals surface area contributed by atoms with Crippen molar-refractivity contribution in [2.75, 3.05) is 0 Å². The maximum absolute atomic E-state index is 12.9. The average molecular weight is 392 g/mol. The highest BCUT2D eigenvalue weighted by atomic mass is 16.2. The van der Waals surface area contributed by atoms with Crippen LogP contribution in [0, 0.1) is 5.41 Å². The second kappa shape index (κ2) is 7.87. The number of aromatic nitrogens is 2. The molecule has 29 heavy (non-hydrogen) atoms. The lowest BCUT2D eigenvalue weighted by atomic mass is 9.86. The number of nitrogens with two attached hydrogens (primary N) is 1. The number of primary amides is 1. The molecule has 150 valence electrons. The number of nitrogens with zero attached hydrogens (tertiary/aromatic N) is 2. The molecular weight excluding hydrogens is 368 g/mol. The summed E-state index contributed by atoms with van der Waals surface area (Å²) in [5.74, 6) is -1.24. The molecule has 1 heterocycles. The first-order chi connectivity index (χ1) is 13.7. The Kier molecular flexibility index (Phi) is 5.50. The second-order valence-electron chi connectivity index (χ2n) is 7.99. The number of para-hydroxylation sites is 1. The molecule has 2 aromatic carbocycles. The lowest BCUT2D eigenvalue weighted by Gasteiger charge is -2.28. The third-order valence-electron chi connectivity index (χ3n) is 4.69. The van der Waals surface area contributed by atoms with Crippen LogP contribution >= 0.6 is 0 Å². The van der Waals surface area contributed by atoms with Gasteiger partial charge in [-0.2, -0.15) is 5.10 Å². The van der Waals surface area contributed by atoms with Crippen molar-refractivity contribution < 1.29 is 14.4 Å². The van der Waals surface area contributed by atoms with E-state index >= 15 is 0 Å². The Bertz CT molecular complexity index is 1060. The van der Waals surface area contributed by atoms with Crippen molar-refractivity contribution >= 4 is 28.5 Å². The molecule has 0 fully saturated rings. The molecule has 0 saturated carbocycles. The zero-order valence-corrected chi connectivity index (χ0v) is 16.7. The largest absolute Gasteiger partial charge is 0.368 e. The monoisotopic (exact) mass is 392 g/mol. The summed E-state index contributed by atoms with van der Waals surface area (Å²) in [6.45, 7) is 5.45. The van der Waals surface area contributed by atoms with Crippen molar-refractivity contribution in [2.24, 2.45) is 11.1 Å². The molecule has 0 aliphatic heterocycles. The van der Waals surface area contributed by atoms with Crippen molar-refractivity contribution in [1.29, 1.82) is 0 Å². The minimum atomic E-state index is -0.857. The van der Waals surface area contributed by atoms with E-state index in [4.69, 9.17) is 5.73 Å². The van der Waals surface area contributed by atoms with Crippen molar-refractivity contribution in [3.63, 3.8) is 0 Å². The Hall–Kier alpha value is -3.48.